The molecule has 11 N–H and O–H groups in total. The van der Waals surface area contributed by atoms with Crippen LogP contribution in [0.1, 0.15) is 97.4 Å². The van der Waals surface area contributed by atoms with E-state index in [1.165, 1.54) is 19.1 Å². The number of anilines is 1. The van der Waals surface area contributed by atoms with Crippen LogP contribution in [-0.2, 0) is 78.3 Å². The number of H-pyrrole nitrogens is 1. The summed E-state index contributed by atoms with van der Waals surface area (Å²) in [5.41, 5.74) is -1.27. The lowest BCUT2D eigenvalue weighted by Gasteiger charge is -2.27. The van der Waals surface area contributed by atoms with Crippen molar-refractivity contribution in [2.45, 2.75) is 90.1 Å². The van der Waals surface area contributed by atoms with Gasteiger partial charge in [-0.05, 0) is 45.2 Å². The van der Waals surface area contributed by atoms with Crippen molar-refractivity contribution in [2.75, 3.05) is 37.0 Å². The Morgan fingerprint density at radius 3 is 1.92 bits per heavy atom. The third-order valence-electron chi connectivity index (χ3n) is 10.2. The second-order valence-electron chi connectivity index (χ2n) is 16.2. The predicted octanol–water partition coefficient (Wildman–Crippen LogP) is 3.18. The highest BCUT2D eigenvalue weighted by Gasteiger charge is 2.50. The summed E-state index contributed by atoms with van der Waals surface area (Å²) < 4.78 is 139. The Kier molecular flexibility index (Phi) is 20.7. The Balaban J connectivity index is 1.21. The van der Waals surface area contributed by atoms with Crippen molar-refractivity contribution in [3.05, 3.63) is 73.2 Å². The molecule has 1 amide bonds. The van der Waals surface area contributed by atoms with E-state index in [0.717, 1.165) is 10.8 Å². The van der Waals surface area contributed by atoms with Crippen molar-refractivity contribution in [2.24, 2.45) is 0 Å². The number of nitrogens with one attached hydrogen (secondary N) is 2. The van der Waals surface area contributed by atoms with Gasteiger partial charge in [0, 0.05) is 59.2 Å². The molecule has 6 unspecified atom stereocenters. The van der Waals surface area contributed by atoms with E-state index < -0.39 is 123 Å². The Morgan fingerprint density at radius 1 is 0.849 bits per heavy atom. The number of hydrogen-bond donors (Lipinski definition) is 11. The van der Waals surface area contributed by atoms with Gasteiger partial charge in [-0.3, -0.25) is 32.7 Å². The fourth-order valence-corrected chi connectivity index (χ4v) is 15.7. The first-order chi connectivity index (χ1) is 33.3. The van der Waals surface area contributed by atoms with Gasteiger partial charge in [0.25, 0.3) is 21.6 Å². The van der Waals surface area contributed by atoms with E-state index in [0.29, 0.717) is 23.4 Å². The lowest BCUT2D eigenvalue weighted by Crippen LogP contribution is -2.33. The molecule has 1 aromatic heterocycles. The number of phosphoric ester groups is 2. The molecule has 2 aliphatic heterocycles. The molecule has 414 valence electrons. The minimum Gasteiger partial charge on any atom is -0.478 e. The maximum Gasteiger partial charge on any atom is 0.490 e. The van der Waals surface area contributed by atoms with Crippen LogP contribution in [0.5, 0.6) is 0 Å². The number of amides is 1. The molecule has 0 bridgehead atoms. The lowest BCUT2D eigenvalue weighted by molar-refractivity contribution is -0.0450. The molecule has 1 fully saturated rings. The number of aryl methyl sites for hydroxylation is 1. The molecule has 4 rings (SSSR count). The van der Waals surface area contributed by atoms with Crippen molar-refractivity contribution in [3.8, 4) is 0 Å². The van der Waals surface area contributed by atoms with Crippen molar-refractivity contribution in [3.63, 3.8) is 0 Å². The molecule has 0 saturated carbocycles. The summed E-state index contributed by atoms with van der Waals surface area (Å²) in [6, 6.07) is 2.67. The average molecular weight is 1190 g/mol. The van der Waals surface area contributed by atoms with Crippen LogP contribution < -0.4 is 21.5 Å². The molecule has 1 aromatic carbocycles. The Labute approximate surface area is 413 Å². The number of aromatic amines is 1. The Morgan fingerprint density at radius 2 is 1.38 bits per heavy atom. The first-order valence-electron chi connectivity index (χ1n) is 20.9. The monoisotopic (exact) mass is 1190 g/mol. The lowest BCUT2D eigenvalue weighted by atomic mass is 9.80. The smallest absolute Gasteiger partial charge is 0.478 e. The van der Waals surface area contributed by atoms with Crippen LogP contribution in [0.15, 0.2) is 39.7 Å². The number of ether oxygens (including phenoxy) is 1. The number of carbonyl (C=O) groups is 2. The maximum atomic E-state index is 13.2. The molecule has 0 radical (unpaired) electrons. The van der Waals surface area contributed by atoms with Gasteiger partial charge in [-0.15, -0.1) is 0 Å². The SMILES string of the molecule is C/C=C1/N(CCCS(=O)(=O)O)c2cc(C(=O)NCCCCCCOP(=O)(O)OP(=O)(O)OP(=O)(O)OP(=O)(O)OP(=O)(O)OP(=O)(O)OC[C@@H]3O[C@H](n4cc(C)c(=O)[nH]c4=O)C[C@@H]3O)cc(C(=O)O)c2C1(C)C. The Bertz CT molecular complexity index is 2980. The number of allylic oxidation sites excluding steroid dienone is 2. The second-order valence-corrected chi connectivity index (χ2v) is 27.2. The predicted molar refractivity (Wildman–Crippen MR) is 246 cm³/mol. The molecule has 2 aromatic rings. The zero-order chi connectivity index (χ0) is 55.3. The number of rotatable bonds is 28. The molecule has 9 atom stereocenters. The summed E-state index contributed by atoms with van der Waals surface area (Å²) in [5, 5.41) is 23.0. The fraction of sp³-hybridized carbons (Fsp3) is 0.576. The van der Waals surface area contributed by atoms with Crippen LogP contribution in [0, 0.1) is 6.92 Å². The second kappa shape index (κ2) is 24.2. The number of carbonyl (C=O) groups excluding carboxylic acids is 1. The summed E-state index contributed by atoms with van der Waals surface area (Å²) in [5.74, 6) is -2.54. The molecular formula is C33H52N4O29P6S. The summed E-state index contributed by atoms with van der Waals surface area (Å²) >= 11 is 0. The number of hydrogen-bond acceptors (Lipinski definition) is 22. The van der Waals surface area contributed by atoms with E-state index >= 15 is 0 Å². The number of carboxylic acid groups (broad SMARTS) is 1. The van der Waals surface area contributed by atoms with Gasteiger partial charge in [0.05, 0.1) is 30.6 Å². The molecule has 33 nitrogen and oxygen atoms in total. The molecule has 0 aliphatic carbocycles. The van der Waals surface area contributed by atoms with Gasteiger partial charge in [0.2, 0.25) is 0 Å². The molecule has 73 heavy (non-hydrogen) atoms. The van der Waals surface area contributed by atoms with E-state index in [1.54, 1.807) is 31.7 Å². The van der Waals surface area contributed by atoms with Crippen LogP contribution in [0.2, 0.25) is 0 Å². The highest BCUT2D eigenvalue weighted by Crippen LogP contribution is 2.75. The van der Waals surface area contributed by atoms with Gasteiger partial charge in [-0.25, -0.2) is 37.0 Å². The number of nitrogens with zero attached hydrogens (tertiary/aromatic N) is 2. The number of phosphoric acid groups is 6. The van der Waals surface area contributed by atoms with E-state index in [-0.39, 0.29) is 61.9 Å². The average Bonchev–Trinajstić information content (AvgIpc) is 3.68. The summed E-state index contributed by atoms with van der Waals surface area (Å²) in [6.45, 7) is 4.89. The van der Waals surface area contributed by atoms with Crippen LogP contribution in [0.25, 0.3) is 0 Å². The zero-order valence-corrected chi connectivity index (χ0v) is 44.7. The molecule has 40 heteroatoms. The standard InChI is InChI=1S/C33H52N4O29P6S/c1-5-26-33(3,4)28-22(31(41)42)15-21(16-23(28)36(26)12-10-14-73(56,57)58)30(40)34-11-8-6-7-9-13-59-67(44,45)62-69(48,49)64-71(52,53)66-72(54,55)65-70(50,51)63-68(46,47)60-19-25-24(38)17-27(61-25)37-18-20(2)29(39)35-32(37)43/h5,15-16,18,24-25,27,38H,6-14,17,19H2,1-4H3,(H,34,40)(H,41,42)(H,44,45)(H,46,47)(H,48,49)(H,50,51)(H,52,53)(H,54,55)(H,35,39,43)(H,56,57,58)/b26-5+/t24-,25-,27-/m0/s1. The molecular weight excluding hydrogens is 1130 g/mol. The van der Waals surface area contributed by atoms with E-state index in [4.69, 9.17) is 4.74 Å². The molecule has 0 spiro atoms. The van der Waals surface area contributed by atoms with Crippen molar-refractivity contribution in [1.29, 1.82) is 0 Å². The summed E-state index contributed by atoms with van der Waals surface area (Å²) in [7, 11) is -41.6. The van der Waals surface area contributed by atoms with Gasteiger partial charge in [0.15, 0.2) is 0 Å². The maximum absolute atomic E-state index is 13.2. The normalized spacial score (nSPS) is 23.3. The van der Waals surface area contributed by atoms with E-state index in [1.807, 2.05) is 4.98 Å². The number of fused-ring (bicyclic) bond motifs is 1. The van der Waals surface area contributed by atoms with Crippen molar-refractivity contribution >= 4 is 74.6 Å². The van der Waals surface area contributed by atoms with Gasteiger partial charge in [-0.1, -0.05) is 32.8 Å². The largest absolute Gasteiger partial charge is 0.490 e. The number of carboxylic acids is 1. The number of aromatic carboxylic acids is 1. The minimum absolute atomic E-state index is 0.0197. The minimum atomic E-state index is -6.55. The third kappa shape index (κ3) is 18.4. The Hall–Kier alpha value is -2.93. The van der Waals surface area contributed by atoms with Gasteiger partial charge >= 0.3 is 58.6 Å². The highest BCUT2D eigenvalue weighted by molar-refractivity contribution is 7.85. The molecule has 3 heterocycles. The van der Waals surface area contributed by atoms with Gasteiger partial charge < -0.3 is 54.5 Å². The van der Waals surface area contributed by atoms with Crippen molar-refractivity contribution < 1.29 is 125 Å². The first kappa shape index (κ1) is 62.6. The summed E-state index contributed by atoms with van der Waals surface area (Å²) in [6.07, 6.45) is -1.11. The van der Waals surface area contributed by atoms with Crippen LogP contribution in [0.4, 0.5) is 5.69 Å². The highest BCUT2D eigenvalue weighted by atomic mass is 32.2. The zero-order valence-electron chi connectivity index (χ0n) is 38.5. The number of unbranched alkanes of at least 4 members (excludes halogenated alkanes) is 3. The topological polar surface area (TPSA) is 497 Å². The molecule has 2 aliphatic rings. The third-order valence-corrected chi connectivity index (χ3v) is 20.3. The summed E-state index contributed by atoms with van der Waals surface area (Å²) in [4.78, 5) is 112. The van der Waals surface area contributed by atoms with E-state index in [9.17, 15) is 99.1 Å². The number of aromatic nitrogens is 2. The fourth-order valence-electron chi connectivity index (χ4n) is 7.38. The van der Waals surface area contributed by atoms with Crippen LogP contribution >= 0.6 is 46.9 Å². The van der Waals surface area contributed by atoms with Crippen LogP contribution in [-0.4, -0.2) is 118 Å². The van der Waals surface area contributed by atoms with Crippen LogP contribution in [0.3, 0.4) is 0 Å². The van der Waals surface area contributed by atoms with Crippen molar-refractivity contribution in [1.82, 2.24) is 14.9 Å². The first-order valence-corrected chi connectivity index (χ1v) is 31.4. The number of benzene rings is 1. The quantitative estimate of drug-likeness (QED) is 0.0331. The number of aliphatic hydroxyl groups is 1. The van der Waals surface area contributed by atoms with Gasteiger partial charge in [-0.2, -0.15) is 30.0 Å². The molecule has 1 saturated heterocycles. The van der Waals surface area contributed by atoms with Gasteiger partial charge in [0.1, 0.15) is 12.3 Å². The van der Waals surface area contributed by atoms with E-state index in [2.05, 4.69) is 35.9 Å². The number of aliphatic hydroxyl groups excluding tert-OH is 1.